The van der Waals surface area contributed by atoms with Crippen LogP contribution in [0, 0.1) is 13.8 Å². The lowest BCUT2D eigenvalue weighted by Gasteiger charge is -2.27. The molecule has 3 aromatic rings. The first-order valence-electron chi connectivity index (χ1n) is 11.0. The zero-order chi connectivity index (χ0) is 25.3. The van der Waals surface area contributed by atoms with Crippen LogP contribution in [0.4, 0.5) is 5.69 Å². The number of nitrogens with zero attached hydrogens (tertiary/aromatic N) is 1. The molecule has 1 aliphatic rings. The quantitative estimate of drug-likeness (QED) is 0.310. The molecule has 1 N–H and O–H groups in total. The van der Waals surface area contributed by atoms with Crippen molar-refractivity contribution in [3.8, 4) is 17.2 Å². The van der Waals surface area contributed by atoms with E-state index in [4.69, 9.17) is 14.2 Å². The number of aliphatic hydroxyl groups is 1. The van der Waals surface area contributed by atoms with Crippen molar-refractivity contribution in [1.82, 2.24) is 0 Å². The summed E-state index contributed by atoms with van der Waals surface area (Å²) in [6, 6.07) is 16.8. The highest BCUT2D eigenvalue weighted by molar-refractivity contribution is 6.51. The SMILES string of the molecule is COc1ccc(C2/C(=C(\O)c3cc(OC)ccc3OC)C(=O)C(=O)N2c2ccc(C)cc2C)cc1. The number of carbonyl (C=O) groups is 2. The molecule has 0 spiro atoms. The standard InChI is InChI=1S/C28H27NO6/c1-16-6-12-22(17(2)14-16)29-25(18-7-9-19(33-3)10-8-18)24(27(31)28(29)32)26(30)21-15-20(34-4)11-13-23(21)35-5/h6-15,25,30H,1-5H3/b26-24+. The first-order valence-corrected chi connectivity index (χ1v) is 11.0. The van der Waals surface area contributed by atoms with Gasteiger partial charge in [0.25, 0.3) is 11.7 Å². The summed E-state index contributed by atoms with van der Waals surface area (Å²) in [5.41, 5.74) is 3.33. The number of benzene rings is 3. The monoisotopic (exact) mass is 473 g/mol. The maximum atomic E-state index is 13.4. The summed E-state index contributed by atoms with van der Waals surface area (Å²) in [4.78, 5) is 28.3. The van der Waals surface area contributed by atoms with Gasteiger partial charge in [0, 0.05) is 5.69 Å². The van der Waals surface area contributed by atoms with E-state index >= 15 is 0 Å². The fraction of sp³-hybridized carbons (Fsp3) is 0.214. The number of methoxy groups -OCH3 is 3. The predicted octanol–water partition coefficient (Wildman–Crippen LogP) is 4.96. The molecule has 0 aliphatic carbocycles. The summed E-state index contributed by atoms with van der Waals surface area (Å²) in [6.45, 7) is 3.85. The number of ether oxygens (including phenoxy) is 3. The number of ketones is 1. The Labute approximate surface area is 204 Å². The van der Waals surface area contributed by atoms with Crippen LogP contribution in [0.5, 0.6) is 17.2 Å². The Balaban J connectivity index is 1.99. The molecule has 1 unspecified atom stereocenters. The molecule has 35 heavy (non-hydrogen) atoms. The molecular formula is C28H27NO6. The average molecular weight is 474 g/mol. The van der Waals surface area contributed by atoms with Crippen molar-refractivity contribution in [2.75, 3.05) is 26.2 Å². The van der Waals surface area contributed by atoms with Gasteiger partial charge in [-0.25, -0.2) is 0 Å². The molecule has 3 aromatic carbocycles. The molecule has 180 valence electrons. The molecule has 0 saturated carbocycles. The van der Waals surface area contributed by atoms with E-state index in [1.54, 1.807) is 49.6 Å². The van der Waals surface area contributed by atoms with Gasteiger partial charge in [-0.2, -0.15) is 0 Å². The molecule has 1 fully saturated rings. The van der Waals surface area contributed by atoms with Crippen LogP contribution in [0.3, 0.4) is 0 Å². The number of rotatable bonds is 6. The van der Waals surface area contributed by atoms with E-state index in [1.165, 1.54) is 19.1 Å². The third kappa shape index (κ3) is 4.21. The molecule has 1 heterocycles. The molecule has 1 saturated heterocycles. The van der Waals surface area contributed by atoms with E-state index in [0.717, 1.165) is 11.1 Å². The summed E-state index contributed by atoms with van der Waals surface area (Å²) in [5.74, 6) is -0.403. The zero-order valence-corrected chi connectivity index (χ0v) is 20.3. The van der Waals surface area contributed by atoms with Gasteiger partial charge < -0.3 is 19.3 Å². The summed E-state index contributed by atoms with van der Waals surface area (Å²) in [6.07, 6.45) is 0. The van der Waals surface area contributed by atoms with Crippen LogP contribution >= 0.6 is 0 Å². The molecule has 1 atom stereocenters. The van der Waals surface area contributed by atoms with Crippen molar-refractivity contribution < 1.29 is 28.9 Å². The molecular weight excluding hydrogens is 446 g/mol. The lowest BCUT2D eigenvalue weighted by Crippen LogP contribution is -2.30. The van der Waals surface area contributed by atoms with Crippen LogP contribution < -0.4 is 19.1 Å². The summed E-state index contributed by atoms with van der Waals surface area (Å²) in [7, 11) is 4.53. The highest BCUT2D eigenvalue weighted by Crippen LogP contribution is 2.44. The van der Waals surface area contributed by atoms with Crippen molar-refractivity contribution in [3.63, 3.8) is 0 Å². The van der Waals surface area contributed by atoms with E-state index in [-0.39, 0.29) is 16.9 Å². The van der Waals surface area contributed by atoms with Gasteiger partial charge in [0.15, 0.2) is 0 Å². The molecule has 1 aliphatic heterocycles. The fourth-order valence-electron chi connectivity index (χ4n) is 4.40. The van der Waals surface area contributed by atoms with Crippen LogP contribution in [0.15, 0.2) is 66.2 Å². The van der Waals surface area contributed by atoms with E-state index in [1.807, 2.05) is 32.0 Å². The van der Waals surface area contributed by atoms with Gasteiger partial charge in [-0.15, -0.1) is 0 Å². The van der Waals surface area contributed by atoms with Gasteiger partial charge in [-0.3, -0.25) is 14.5 Å². The minimum absolute atomic E-state index is 0.0355. The average Bonchev–Trinajstić information content (AvgIpc) is 3.13. The normalized spacial score (nSPS) is 16.9. The molecule has 7 heteroatoms. The first-order chi connectivity index (χ1) is 16.8. The predicted molar refractivity (Wildman–Crippen MR) is 133 cm³/mol. The van der Waals surface area contributed by atoms with E-state index in [0.29, 0.717) is 28.5 Å². The third-order valence-electron chi connectivity index (χ3n) is 6.15. The second-order valence-electron chi connectivity index (χ2n) is 8.30. The summed E-state index contributed by atoms with van der Waals surface area (Å²) in [5, 5.41) is 11.5. The Hall–Kier alpha value is -4.26. The van der Waals surface area contributed by atoms with Gasteiger partial charge in [-0.1, -0.05) is 29.8 Å². The Morgan fingerprint density at radius 1 is 0.829 bits per heavy atom. The first kappa shape index (κ1) is 23.9. The number of Topliss-reactive ketones (excluding diaryl/α,β-unsaturated/α-hetero) is 1. The number of aliphatic hydroxyl groups excluding tert-OH is 1. The number of anilines is 1. The van der Waals surface area contributed by atoms with Crippen molar-refractivity contribution in [1.29, 1.82) is 0 Å². The van der Waals surface area contributed by atoms with Crippen molar-refractivity contribution in [2.24, 2.45) is 0 Å². The Bertz CT molecular complexity index is 1330. The summed E-state index contributed by atoms with van der Waals surface area (Å²) >= 11 is 0. The van der Waals surface area contributed by atoms with Crippen molar-refractivity contribution in [3.05, 3.63) is 88.5 Å². The topological polar surface area (TPSA) is 85.3 Å². The van der Waals surface area contributed by atoms with E-state index in [2.05, 4.69) is 0 Å². The lowest BCUT2D eigenvalue weighted by molar-refractivity contribution is -0.132. The number of aryl methyl sites for hydroxylation is 2. The van der Waals surface area contributed by atoms with Gasteiger partial charge in [0.05, 0.1) is 38.5 Å². The fourth-order valence-corrected chi connectivity index (χ4v) is 4.40. The number of hydrogen-bond acceptors (Lipinski definition) is 6. The highest BCUT2D eigenvalue weighted by atomic mass is 16.5. The van der Waals surface area contributed by atoms with Crippen LogP contribution in [-0.2, 0) is 9.59 Å². The van der Waals surface area contributed by atoms with Crippen LogP contribution in [0.25, 0.3) is 5.76 Å². The number of amides is 1. The Kier molecular flexibility index (Phi) is 6.51. The van der Waals surface area contributed by atoms with E-state index < -0.39 is 17.7 Å². The maximum absolute atomic E-state index is 13.4. The minimum atomic E-state index is -0.863. The van der Waals surface area contributed by atoms with Crippen molar-refractivity contribution in [2.45, 2.75) is 19.9 Å². The third-order valence-corrected chi connectivity index (χ3v) is 6.15. The van der Waals surface area contributed by atoms with Gasteiger partial charge in [0.2, 0.25) is 0 Å². The maximum Gasteiger partial charge on any atom is 0.300 e. The largest absolute Gasteiger partial charge is 0.507 e. The minimum Gasteiger partial charge on any atom is -0.507 e. The zero-order valence-electron chi connectivity index (χ0n) is 20.3. The number of hydrogen-bond donors (Lipinski definition) is 1. The lowest BCUT2D eigenvalue weighted by atomic mass is 9.94. The molecule has 0 aromatic heterocycles. The highest BCUT2D eigenvalue weighted by Gasteiger charge is 2.47. The summed E-state index contributed by atoms with van der Waals surface area (Å²) < 4.78 is 16.0. The number of carbonyl (C=O) groups excluding carboxylic acids is 2. The van der Waals surface area contributed by atoms with Gasteiger partial charge in [0.1, 0.15) is 23.0 Å². The van der Waals surface area contributed by atoms with Gasteiger partial charge >= 0.3 is 0 Å². The Morgan fingerprint density at radius 3 is 2.09 bits per heavy atom. The second-order valence-corrected chi connectivity index (χ2v) is 8.30. The molecule has 4 rings (SSSR count). The van der Waals surface area contributed by atoms with Crippen LogP contribution in [0.1, 0.15) is 28.3 Å². The molecule has 0 bridgehead atoms. The second kappa shape index (κ2) is 9.54. The Morgan fingerprint density at radius 2 is 1.49 bits per heavy atom. The molecule has 7 nitrogen and oxygen atoms in total. The van der Waals surface area contributed by atoms with Crippen LogP contribution in [0.2, 0.25) is 0 Å². The molecule has 1 amide bonds. The van der Waals surface area contributed by atoms with Crippen LogP contribution in [-0.4, -0.2) is 38.1 Å². The molecule has 0 radical (unpaired) electrons. The van der Waals surface area contributed by atoms with Gasteiger partial charge in [-0.05, 0) is 61.4 Å². The smallest absolute Gasteiger partial charge is 0.300 e. The van der Waals surface area contributed by atoms with Crippen molar-refractivity contribution >= 4 is 23.1 Å². The van der Waals surface area contributed by atoms with E-state index in [9.17, 15) is 14.7 Å².